The van der Waals surface area contributed by atoms with Crippen molar-refractivity contribution in [2.45, 2.75) is 38.3 Å². The zero-order chi connectivity index (χ0) is 11.8. The van der Waals surface area contributed by atoms with Crippen molar-refractivity contribution in [1.82, 2.24) is 13.9 Å². The SMILES string of the molecule is CCN(C)S(=O)(=O)N1CCC2CCC(C1)N2. The second kappa shape index (κ2) is 4.60. The van der Waals surface area contributed by atoms with Gasteiger partial charge in [-0.1, -0.05) is 6.92 Å². The van der Waals surface area contributed by atoms with E-state index >= 15 is 0 Å². The van der Waals surface area contributed by atoms with Crippen LogP contribution in [0.4, 0.5) is 0 Å². The molecule has 2 bridgehead atoms. The Bertz CT molecular complexity index is 344. The molecule has 2 heterocycles. The van der Waals surface area contributed by atoms with Crippen molar-refractivity contribution in [3.05, 3.63) is 0 Å². The molecular formula is C10H21N3O2S. The summed E-state index contributed by atoms with van der Waals surface area (Å²) < 4.78 is 27.4. The number of fused-ring (bicyclic) bond motifs is 2. The second-order valence-electron chi connectivity index (χ2n) is 4.71. The number of nitrogens with one attached hydrogen (secondary N) is 1. The molecule has 0 aromatic carbocycles. The second-order valence-corrected chi connectivity index (χ2v) is 6.74. The quantitative estimate of drug-likeness (QED) is 0.764. The van der Waals surface area contributed by atoms with Gasteiger partial charge < -0.3 is 5.32 Å². The molecular weight excluding hydrogens is 226 g/mol. The average molecular weight is 247 g/mol. The summed E-state index contributed by atoms with van der Waals surface area (Å²) in [5.74, 6) is 0. The highest BCUT2D eigenvalue weighted by molar-refractivity contribution is 7.86. The van der Waals surface area contributed by atoms with Crippen molar-refractivity contribution in [2.24, 2.45) is 0 Å². The van der Waals surface area contributed by atoms with E-state index in [4.69, 9.17) is 0 Å². The van der Waals surface area contributed by atoms with Crippen molar-refractivity contribution in [3.63, 3.8) is 0 Å². The summed E-state index contributed by atoms with van der Waals surface area (Å²) >= 11 is 0. The fourth-order valence-corrected chi connectivity index (χ4v) is 3.91. The van der Waals surface area contributed by atoms with Crippen LogP contribution in [-0.2, 0) is 10.2 Å². The van der Waals surface area contributed by atoms with Gasteiger partial charge >= 0.3 is 0 Å². The van der Waals surface area contributed by atoms with Gasteiger partial charge in [0.2, 0.25) is 0 Å². The van der Waals surface area contributed by atoms with Gasteiger partial charge in [-0.3, -0.25) is 0 Å². The van der Waals surface area contributed by atoms with Crippen LogP contribution in [0.25, 0.3) is 0 Å². The van der Waals surface area contributed by atoms with Crippen molar-refractivity contribution in [2.75, 3.05) is 26.7 Å². The molecule has 0 radical (unpaired) electrons. The third-order valence-corrected chi connectivity index (χ3v) is 5.68. The van der Waals surface area contributed by atoms with Crippen molar-refractivity contribution >= 4 is 10.2 Å². The predicted molar refractivity (Wildman–Crippen MR) is 63.4 cm³/mol. The van der Waals surface area contributed by atoms with Crippen LogP contribution in [0.1, 0.15) is 26.2 Å². The summed E-state index contributed by atoms with van der Waals surface area (Å²) in [6, 6.07) is 0.879. The summed E-state index contributed by atoms with van der Waals surface area (Å²) in [7, 11) is -1.59. The van der Waals surface area contributed by atoms with Crippen LogP contribution in [0, 0.1) is 0 Å². The molecule has 2 aliphatic rings. The largest absolute Gasteiger partial charge is 0.310 e. The first kappa shape index (κ1) is 12.3. The van der Waals surface area contributed by atoms with Crippen molar-refractivity contribution < 1.29 is 8.42 Å². The molecule has 16 heavy (non-hydrogen) atoms. The van der Waals surface area contributed by atoms with E-state index in [2.05, 4.69) is 5.32 Å². The third-order valence-electron chi connectivity index (χ3n) is 3.65. The Morgan fingerprint density at radius 2 is 2.00 bits per heavy atom. The molecule has 0 spiro atoms. The monoisotopic (exact) mass is 247 g/mol. The molecule has 2 unspecified atom stereocenters. The topological polar surface area (TPSA) is 52.7 Å². The molecule has 2 rings (SSSR count). The lowest BCUT2D eigenvalue weighted by atomic mass is 10.1. The minimum absolute atomic E-state index is 0.354. The lowest BCUT2D eigenvalue weighted by molar-refractivity contribution is 0.346. The smallest absolute Gasteiger partial charge is 0.281 e. The molecule has 94 valence electrons. The van der Waals surface area contributed by atoms with E-state index in [1.165, 1.54) is 10.7 Å². The van der Waals surface area contributed by atoms with Crippen LogP contribution < -0.4 is 5.32 Å². The first-order chi connectivity index (χ1) is 7.54. The minimum atomic E-state index is -3.23. The summed E-state index contributed by atoms with van der Waals surface area (Å²) in [4.78, 5) is 0. The molecule has 2 aliphatic heterocycles. The van der Waals surface area contributed by atoms with E-state index in [-0.39, 0.29) is 0 Å². The highest BCUT2D eigenvalue weighted by Gasteiger charge is 2.35. The fourth-order valence-electron chi connectivity index (χ4n) is 2.48. The molecule has 5 nitrogen and oxygen atoms in total. The zero-order valence-corrected chi connectivity index (χ0v) is 10.8. The molecule has 0 amide bonds. The van der Waals surface area contributed by atoms with Gasteiger partial charge in [0.25, 0.3) is 10.2 Å². The fraction of sp³-hybridized carbons (Fsp3) is 1.00. The summed E-state index contributed by atoms with van der Waals surface area (Å²) in [5.41, 5.74) is 0. The van der Waals surface area contributed by atoms with Gasteiger partial charge in [-0.05, 0) is 19.3 Å². The van der Waals surface area contributed by atoms with Crippen molar-refractivity contribution in [3.8, 4) is 0 Å². The standard InChI is InChI=1S/C10H21N3O2S/c1-3-12(2)16(14,15)13-7-6-9-4-5-10(8-13)11-9/h9-11H,3-8H2,1-2H3. The maximum Gasteiger partial charge on any atom is 0.281 e. The molecule has 0 aromatic heterocycles. The van der Waals surface area contributed by atoms with Gasteiger partial charge in [0.05, 0.1) is 0 Å². The molecule has 0 aromatic rings. The van der Waals surface area contributed by atoms with Gasteiger partial charge in [-0.25, -0.2) is 0 Å². The summed E-state index contributed by atoms with van der Waals surface area (Å²) in [5, 5.41) is 3.49. The first-order valence-corrected chi connectivity index (χ1v) is 7.41. The van der Waals surface area contributed by atoms with Crippen LogP contribution in [0.5, 0.6) is 0 Å². The van der Waals surface area contributed by atoms with E-state index in [1.54, 1.807) is 11.4 Å². The number of nitrogens with zero attached hydrogens (tertiary/aromatic N) is 2. The molecule has 2 atom stereocenters. The summed E-state index contributed by atoms with van der Waals surface area (Å²) in [6.45, 7) is 3.67. The average Bonchev–Trinajstić information content (AvgIpc) is 2.56. The lowest BCUT2D eigenvalue weighted by Gasteiger charge is -2.27. The number of hydrogen-bond donors (Lipinski definition) is 1. The van der Waals surface area contributed by atoms with Gasteiger partial charge in [0.1, 0.15) is 0 Å². The van der Waals surface area contributed by atoms with Gasteiger partial charge in [0.15, 0.2) is 0 Å². The number of rotatable bonds is 3. The van der Waals surface area contributed by atoms with E-state index in [0.717, 1.165) is 12.8 Å². The molecule has 2 saturated heterocycles. The van der Waals surface area contributed by atoms with Crippen LogP contribution in [-0.4, -0.2) is 55.8 Å². The Labute approximate surface area is 98.0 Å². The van der Waals surface area contributed by atoms with E-state index in [0.29, 0.717) is 31.7 Å². The van der Waals surface area contributed by atoms with Gasteiger partial charge in [0, 0.05) is 38.8 Å². The Balaban J connectivity index is 2.10. The normalized spacial score (nSPS) is 31.9. The highest BCUT2D eigenvalue weighted by Crippen LogP contribution is 2.22. The Hall–Kier alpha value is -0.170. The maximum absolute atomic E-state index is 12.2. The molecule has 0 aliphatic carbocycles. The van der Waals surface area contributed by atoms with E-state index in [9.17, 15) is 8.42 Å². The minimum Gasteiger partial charge on any atom is -0.310 e. The maximum atomic E-state index is 12.2. The Kier molecular flexibility index (Phi) is 3.53. The third kappa shape index (κ3) is 2.25. The molecule has 0 saturated carbocycles. The molecule has 6 heteroatoms. The van der Waals surface area contributed by atoms with Crippen LogP contribution >= 0.6 is 0 Å². The van der Waals surface area contributed by atoms with Crippen LogP contribution in [0.3, 0.4) is 0 Å². The molecule has 2 fully saturated rings. The predicted octanol–water partition coefficient (Wildman–Crippen LogP) is 0.00920. The van der Waals surface area contributed by atoms with E-state index in [1.807, 2.05) is 6.92 Å². The van der Waals surface area contributed by atoms with Gasteiger partial charge in [-0.15, -0.1) is 0 Å². The van der Waals surface area contributed by atoms with Gasteiger partial charge in [-0.2, -0.15) is 17.0 Å². The van der Waals surface area contributed by atoms with Crippen LogP contribution in [0.15, 0.2) is 0 Å². The Morgan fingerprint density at radius 3 is 2.69 bits per heavy atom. The lowest BCUT2D eigenvalue weighted by Crippen LogP contribution is -2.45. The van der Waals surface area contributed by atoms with E-state index < -0.39 is 10.2 Å². The molecule has 1 N–H and O–H groups in total. The zero-order valence-electron chi connectivity index (χ0n) is 10.0. The summed E-state index contributed by atoms with van der Waals surface area (Å²) in [6.07, 6.45) is 3.24. The first-order valence-electron chi connectivity index (χ1n) is 6.01. The number of hydrogen-bond acceptors (Lipinski definition) is 3. The highest BCUT2D eigenvalue weighted by atomic mass is 32.2. The van der Waals surface area contributed by atoms with Crippen molar-refractivity contribution in [1.29, 1.82) is 0 Å². The Morgan fingerprint density at radius 1 is 1.31 bits per heavy atom. The van der Waals surface area contributed by atoms with Crippen LogP contribution in [0.2, 0.25) is 0 Å².